The fraction of sp³-hybridized carbons (Fsp3) is 0.385. The van der Waals surface area contributed by atoms with E-state index in [0.717, 1.165) is 51.9 Å². The lowest BCUT2D eigenvalue weighted by Gasteiger charge is -2.33. The quantitative estimate of drug-likeness (QED) is 0.486. The monoisotopic (exact) mass is 469 g/mol. The smallest absolute Gasteiger partial charge is 0.307 e. The average Bonchev–Trinajstić information content (AvgIpc) is 3.03. The maximum atomic E-state index is 11.7. The number of anilines is 1. The van der Waals surface area contributed by atoms with Gasteiger partial charge in [0.1, 0.15) is 6.67 Å². The van der Waals surface area contributed by atoms with Gasteiger partial charge >= 0.3 is 5.97 Å². The Bertz CT molecular complexity index is 1180. The van der Waals surface area contributed by atoms with Gasteiger partial charge in [0.2, 0.25) is 0 Å². The van der Waals surface area contributed by atoms with Crippen molar-refractivity contribution in [2.24, 2.45) is 4.99 Å². The molecule has 0 fully saturated rings. The summed E-state index contributed by atoms with van der Waals surface area (Å²) in [6.07, 6.45) is -0.0354. The Labute approximate surface area is 200 Å². The molecule has 0 aliphatic carbocycles. The van der Waals surface area contributed by atoms with Gasteiger partial charge in [-0.3, -0.25) is 9.79 Å². The van der Waals surface area contributed by atoms with Crippen molar-refractivity contribution >= 4 is 40.9 Å². The summed E-state index contributed by atoms with van der Waals surface area (Å²) >= 11 is 6.09. The third-order valence-corrected chi connectivity index (χ3v) is 5.80. The molecule has 0 amide bonds. The number of hydrogen-bond acceptors (Lipinski definition) is 4. The molecule has 1 aromatic heterocycles. The molecule has 7 heteroatoms. The van der Waals surface area contributed by atoms with Crippen molar-refractivity contribution in [1.82, 2.24) is 4.57 Å². The molecular weight excluding hydrogens is 438 g/mol. The summed E-state index contributed by atoms with van der Waals surface area (Å²) in [7, 11) is 0. The van der Waals surface area contributed by atoms with E-state index in [1.165, 1.54) is 5.69 Å². The van der Waals surface area contributed by atoms with E-state index in [1.54, 1.807) is 20.8 Å². The average molecular weight is 470 g/mol. The van der Waals surface area contributed by atoms with Crippen molar-refractivity contribution in [3.05, 3.63) is 52.2 Å². The van der Waals surface area contributed by atoms with Crippen LogP contribution in [0.25, 0.3) is 22.0 Å². The summed E-state index contributed by atoms with van der Waals surface area (Å²) in [5.41, 5.74) is 6.66. The number of carboxylic acid groups (broad SMARTS) is 1. The highest BCUT2D eigenvalue weighted by Crippen LogP contribution is 2.44. The zero-order chi connectivity index (χ0) is 24.5. The third kappa shape index (κ3) is 5.40. The van der Waals surface area contributed by atoms with Gasteiger partial charge in [0.15, 0.2) is 0 Å². The van der Waals surface area contributed by atoms with Gasteiger partial charge < -0.3 is 19.7 Å². The minimum atomic E-state index is -0.842. The molecule has 0 unspecified atom stereocenters. The number of hydrogen-bond donors (Lipinski definition) is 2. The van der Waals surface area contributed by atoms with Gasteiger partial charge in [0.05, 0.1) is 23.2 Å². The van der Waals surface area contributed by atoms with Crippen LogP contribution in [-0.4, -0.2) is 46.3 Å². The molecule has 3 aromatic rings. The maximum absolute atomic E-state index is 11.7. The number of aromatic nitrogens is 1. The predicted octanol–water partition coefficient (Wildman–Crippen LogP) is 5.46. The number of benzene rings is 2. The van der Waals surface area contributed by atoms with E-state index < -0.39 is 11.6 Å². The van der Waals surface area contributed by atoms with Gasteiger partial charge in [0.25, 0.3) is 0 Å². The fourth-order valence-corrected chi connectivity index (χ4v) is 4.51. The van der Waals surface area contributed by atoms with Crippen LogP contribution in [-0.2, 0) is 17.8 Å². The van der Waals surface area contributed by atoms with E-state index >= 15 is 0 Å². The summed E-state index contributed by atoms with van der Waals surface area (Å²) in [6.45, 7) is 15.2. The summed E-state index contributed by atoms with van der Waals surface area (Å²) in [5.74, 6) is -0.842. The van der Waals surface area contributed by atoms with Crippen molar-refractivity contribution in [3.63, 3.8) is 0 Å². The van der Waals surface area contributed by atoms with Crippen molar-refractivity contribution in [1.29, 1.82) is 0 Å². The van der Waals surface area contributed by atoms with Gasteiger partial charge in [-0.2, -0.15) is 0 Å². The zero-order valence-electron chi connectivity index (χ0n) is 19.9. The molecule has 0 spiro atoms. The van der Waals surface area contributed by atoms with Crippen molar-refractivity contribution in [2.45, 2.75) is 53.2 Å². The number of aryl methyl sites for hydroxylation is 1. The largest absolute Gasteiger partial charge is 0.481 e. The summed E-state index contributed by atoms with van der Waals surface area (Å²) in [5, 5.41) is 19.9. The molecule has 0 saturated heterocycles. The van der Waals surface area contributed by atoms with Gasteiger partial charge in [-0.1, -0.05) is 23.7 Å². The normalized spacial score (nSPS) is 13.0. The Hall–Kier alpha value is -2.83. The Morgan fingerprint density at radius 1 is 1.18 bits per heavy atom. The second kappa shape index (κ2) is 9.57. The van der Waals surface area contributed by atoms with Crippen LogP contribution >= 0.6 is 11.6 Å². The first kappa shape index (κ1) is 24.8. The molecule has 0 saturated carbocycles. The number of rotatable bonds is 5. The minimum absolute atomic E-state index is 0.0354. The molecule has 0 radical (unpaired) electrons. The van der Waals surface area contributed by atoms with Gasteiger partial charge in [0, 0.05) is 29.2 Å². The van der Waals surface area contributed by atoms with E-state index in [-0.39, 0.29) is 6.42 Å². The Balaban J connectivity index is 0.000000555. The number of aliphatic carboxylic acids is 1. The zero-order valence-corrected chi connectivity index (χ0v) is 20.7. The van der Waals surface area contributed by atoms with E-state index in [0.29, 0.717) is 11.7 Å². The molecule has 2 N–H and O–H groups in total. The Kier molecular flexibility index (Phi) is 7.20. The molecule has 1 aliphatic rings. The van der Waals surface area contributed by atoms with E-state index in [4.69, 9.17) is 16.7 Å². The molecule has 0 bridgehead atoms. The van der Waals surface area contributed by atoms with Crippen LogP contribution < -0.4 is 4.90 Å². The second-order valence-electron chi connectivity index (χ2n) is 9.40. The summed E-state index contributed by atoms with van der Waals surface area (Å²) < 4.78 is 2.32. The lowest BCUT2D eigenvalue weighted by Crippen LogP contribution is -2.33. The molecule has 2 heterocycles. The van der Waals surface area contributed by atoms with Crippen LogP contribution in [0.15, 0.2) is 35.3 Å². The van der Waals surface area contributed by atoms with Crippen molar-refractivity contribution < 1.29 is 15.0 Å². The molecule has 176 valence electrons. The number of carbonyl (C=O) groups is 1. The minimum Gasteiger partial charge on any atom is -0.481 e. The van der Waals surface area contributed by atoms with Crippen LogP contribution in [0.2, 0.25) is 5.02 Å². The molecule has 4 rings (SSSR count). The van der Waals surface area contributed by atoms with Crippen molar-refractivity contribution in [3.8, 4) is 11.1 Å². The lowest BCUT2D eigenvalue weighted by atomic mass is 9.88. The molecule has 2 aromatic carbocycles. The predicted molar refractivity (Wildman–Crippen MR) is 137 cm³/mol. The number of halogens is 1. The first-order valence-electron chi connectivity index (χ1n) is 10.9. The molecule has 33 heavy (non-hydrogen) atoms. The third-order valence-electron chi connectivity index (χ3n) is 5.55. The highest BCUT2D eigenvalue weighted by molar-refractivity contribution is 6.30. The Morgan fingerprint density at radius 2 is 1.79 bits per heavy atom. The van der Waals surface area contributed by atoms with E-state index in [2.05, 4.69) is 34.2 Å². The topological polar surface area (TPSA) is 78.1 Å². The first-order valence-corrected chi connectivity index (χ1v) is 11.3. The van der Waals surface area contributed by atoms with Gasteiger partial charge in [-0.05, 0) is 81.8 Å². The summed E-state index contributed by atoms with van der Waals surface area (Å²) in [4.78, 5) is 18.0. The molecular formula is C26H32ClN3O3. The van der Waals surface area contributed by atoms with Crippen molar-refractivity contribution in [2.75, 3.05) is 18.1 Å². The standard InChI is InChI=1S/C22H22ClN3O2.C4H10O/c1-13-10-18-20(15-4-6-16(23)7-5-15)17(11-19(27)28)14(2)21-22(18)26(13)9-8-25(21)12-24-3;1-4(2,3)5/h4-7,10H,3,8-9,11-12H2,1-2H3,(H,27,28);5H,1-3H3. The van der Waals surface area contributed by atoms with Crippen LogP contribution in [0.1, 0.15) is 37.6 Å². The molecule has 1 aliphatic heterocycles. The number of aliphatic hydroxyl groups is 1. The lowest BCUT2D eigenvalue weighted by molar-refractivity contribution is -0.136. The fourth-order valence-electron chi connectivity index (χ4n) is 4.38. The van der Waals surface area contributed by atoms with Crippen LogP contribution in [0.4, 0.5) is 5.69 Å². The number of carboxylic acids is 1. The molecule has 0 atom stereocenters. The SMILES string of the molecule is C=NCN1CCn2c(C)cc3c(-c4ccc(Cl)cc4)c(CC(=O)O)c(C)c1c32.CC(C)(C)O. The highest BCUT2D eigenvalue weighted by atomic mass is 35.5. The van der Waals surface area contributed by atoms with Crippen LogP contribution in [0.5, 0.6) is 0 Å². The van der Waals surface area contributed by atoms with Gasteiger partial charge in [-0.15, -0.1) is 0 Å². The van der Waals surface area contributed by atoms with Crippen LogP contribution in [0, 0.1) is 13.8 Å². The van der Waals surface area contributed by atoms with Crippen LogP contribution in [0.3, 0.4) is 0 Å². The molecule has 6 nitrogen and oxygen atoms in total. The summed E-state index contributed by atoms with van der Waals surface area (Å²) in [6, 6.07) is 9.78. The van der Waals surface area contributed by atoms with E-state index in [1.807, 2.05) is 31.2 Å². The maximum Gasteiger partial charge on any atom is 0.307 e. The number of nitrogens with zero attached hydrogens (tertiary/aromatic N) is 3. The highest BCUT2D eigenvalue weighted by Gasteiger charge is 2.28. The number of aliphatic imine (C=N–C) groups is 1. The van der Waals surface area contributed by atoms with Gasteiger partial charge in [-0.25, -0.2) is 0 Å². The Morgan fingerprint density at radius 3 is 2.33 bits per heavy atom. The second-order valence-corrected chi connectivity index (χ2v) is 9.84. The van der Waals surface area contributed by atoms with E-state index in [9.17, 15) is 9.90 Å². The first-order chi connectivity index (χ1) is 15.4.